The fourth-order valence-electron chi connectivity index (χ4n) is 0.228. The van der Waals surface area contributed by atoms with Crippen molar-refractivity contribution in [1.29, 1.82) is 0 Å². The Kier molecular flexibility index (Phi) is 7.83. The Morgan fingerprint density at radius 3 is 2.27 bits per heavy atom. The van der Waals surface area contributed by atoms with Gasteiger partial charge in [-0.2, -0.15) is 6.61 Å². The summed E-state index contributed by atoms with van der Waals surface area (Å²) in [4.78, 5) is 16.0. The van der Waals surface area contributed by atoms with E-state index in [0.29, 0.717) is 0 Å². The van der Waals surface area contributed by atoms with E-state index in [0.717, 1.165) is 0 Å². The minimum absolute atomic E-state index is 0. The van der Waals surface area contributed by atoms with Crippen molar-refractivity contribution >= 4 is 7.82 Å². The Morgan fingerprint density at radius 2 is 2.00 bits per heavy atom. The van der Waals surface area contributed by atoms with Crippen molar-refractivity contribution in [2.75, 3.05) is 13.2 Å². The maximum absolute atomic E-state index is 10.2. The summed E-state index contributed by atoms with van der Waals surface area (Å²) in [5.41, 5.74) is 0. The SMILES string of the molecule is O=P(O)(O)OCC([O-])C[O-].[Mn+2]. The van der Waals surface area contributed by atoms with E-state index in [1.165, 1.54) is 0 Å². The molecule has 11 heavy (non-hydrogen) atoms. The average molecular weight is 225 g/mol. The largest absolute Gasteiger partial charge is 2.00 e. The van der Waals surface area contributed by atoms with Crippen molar-refractivity contribution in [2.45, 2.75) is 6.10 Å². The first-order valence-electron chi connectivity index (χ1n) is 2.39. The third kappa shape index (κ3) is 10.5. The summed E-state index contributed by atoms with van der Waals surface area (Å²) in [6.07, 6.45) is -1.60. The minimum Gasteiger partial charge on any atom is -0.855 e. The van der Waals surface area contributed by atoms with Crippen molar-refractivity contribution in [3.05, 3.63) is 0 Å². The normalized spacial score (nSPS) is 13.8. The first-order chi connectivity index (χ1) is 4.45. The van der Waals surface area contributed by atoms with Crippen molar-refractivity contribution in [3.63, 3.8) is 0 Å². The number of phosphoric acid groups is 1. The quantitative estimate of drug-likeness (QED) is 0.394. The molecule has 0 bridgehead atoms. The summed E-state index contributed by atoms with van der Waals surface area (Å²) in [5.74, 6) is 0. The second kappa shape index (κ2) is 6.11. The summed E-state index contributed by atoms with van der Waals surface area (Å²) >= 11 is 0. The maximum atomic E-state index is 10.2. The van der Waals surface area contributed by atoms with Crippen LogP contribution in [-0.2, 0) is 26.2 Å². The van der Waals surface area contributed by atoms with Crippen LogP contribution in [0.3, 0.4) is 0 Å². The molecule has 0 aromatic rings. The molecular formula is C3H7MnO6P. The molecular weight excluding hydrogens is 218 g/mol. The van der Waals surface area contributed by atoms with E-state index >= 15 is 0 Å². The van der Waals surface area contributed by atoms with Crippen molar-refractivity contribution in [3.8, 4) is 0 Å². The number of rotatable bonds is 4. The Morgan fingerprint density at radius 1 is 1.55 bits per heavy atom. The van der Waals surface area contributed by atoms with Gasteiger partial charge in [-0.3, -0.25) is 4.52 Å². The molecule has 6 nitrogen and oxygen atoms in total. The van der Waals surface area contributed by atoms with Gasteiger partial charge in [-0.15, -0.1) is 6.10 Å². The second-order valence-corrected chi connectivity index (χ2v) is 2.81. The van der Waals surface area contributed by atoms with Gasteiger partial charge in [-0.05, 0) is 0 Å². The van der Waals surface area contributed by atoms with Crippen LogP contribution in [0.2, 0.25) is 0 Å². The Labute approximate surface area is 73.9 Å². The minimum atomic E-state index is -4.57. The summed E-state index contributed by atoms with van der Waals surface area (Å²) in [5, 5.41) is 19.9. The van der Waals surface area contributed by atoms with Crippen molar-refractivity contribution in [2.24, 2.45) is 0 Å². The first kappa shape index (κ1) is 14.1. The zero-order valence-corrected chi connectivity index (χ0v) is 7.42. The van der Waals surface area contributed by atoms with Gasteiger partial charge in [0.15, 0.2) is 0 Å². The number of phosphoric ester groups is 1. The first-order valence-corrected chi connectivity index (χ1v) is 3.92. The molecule has 1 radical (unpaired) electrons. The third-order valence-electron chi connectivity index (χ3n) is 0.614. The predicted molar refractivity (Wildman–Crippen MR) is 26.7 cm³/mol. The fourth-order valence-corrected chi connectivity index (χ4v) is 0.589. The van der Waals surface area contributed by atoms with E-state index < -0.39 is 27.1 Å². The molecule has 0 rings (SSSR count). The van der Waals surface area contributed by atoms with E-state index in [-0.39, 0.29) is 17.1 Å². The van der Waals surface area contributed by atoms with Gasteiger partial charge in [-0.1, -0.05) is 0 Å². The Balaban J connectivity index is 0. The van der Waals surface area contributed by atoms with Crippen LogP contribution < -0.4 is 10.2 Å². The van der Waals surface area contributed by atoms with E-state index in [2.05, 4.69) is 4.52 Å². The van der Waals surface area contributed by atoms with Crippen molar-refractivity contribution in [1.82, 2.24) is 0 Å². The van der Waals surface area contributed by atoms with Crippen LogP contribution in [0.4, 0.5) is 0 Å². The van der Waals surface area contributed by atoms with E-state index in [9.17, 15) is 14.8 Å². The van der Waals surface area contributed by atoms with Gasteiger partial charge in [0.25, 0.3) is 0 Å². The fraction of sp³-hybridized carbons (Fsp3) is 1.00. The monoisotopic (exact) mass is 225 g/mol. The second-order valence-electron chi connectivity index (χ2n) is 1.58. The van der Waals surface area contributed by atoms with Crippen LogP contribution in [0.25, 0.3) is 0 Å². The molecule has 0 aromatic heterocycles. The molecule has 0 fully saturated rings. The smallest absolute Gasteiger partial charge is 0.855 e. The number of hydrogen-bond donors (Lipinski definition) is 2. The molecule has 0 aliphatic carbocycles. The Hall–Kier alpha value is 0.549. The van der Waals surface area contributed by atoms with Gasteiger partial charge >= 0.3 is 24.9 Å². The third-order valence-corrected chi connectivity index (χ3v) is 1.10. The van der Waals surface area contributed by atoms with E-state index in [1.54, 1.807) is 0 Å². The summed E-state index contributed by atoms with van der Waals surface area (Å²) in [7, 11) is -4.57. The molecule has 67 valence electrons. The van der Waals surface area contributed by atoms with Crippen LogP contribution in [-0.4, -0.2) is 29.1 Å². The zero-order chi connectivity index (χ0) is 8.20. The molecule has 0 aliphatic rings. The zero-order valence-electron chi connectivity index (χ0n) is 5.34. The summed E-state index contributed by atoms with van der Waals surface area (Å²) in [6, 6.07) is 0. The molecule has 0 aliphatic heterocycles. The van der Waals surface area contributed by atoms with Crippen LogP contribution in [0.15, 0.2) is 0 Å². The van der Waals surface area contributed by atoms with Gasteiger partial charge < -0.3 is 20.0 Å². The van der Waals surface area contributed by atoms with Gasteiger partial charge in [-0.25, -0.2) is 4.57 Å². The molecule has 0 heterocycles. The Bertz CT molecular complexity index is 134. The summed E-state index contributed by atoms with van der Waals surface area (Å²) < 4.78 is 13.6. The van der Waals surface area contributed by atoms with Gasteiger partial charge in [0, 0.05) is 6.61 Å². The molecule has 1 atom stereocenters. The van der Waals surface area contributed by atoms with Crippen molar-refractivity contribution < 1.29 is 46.2 Å². The maximum Gasteiger partial charge on any atom is 2.00 e. The average Bonchev–Trinajstić information content (AvgIpc) is 1.81. The van der Waals surface area contributed by atoms with Gasteiger partial charge in [0.05, 0.1) is 0 Å². The molecule has 0 saturated carbocycles. The molecule has 1 unspecified atom stereocenters. The van der Waals surface area contributed by atoms with Crippen LogP contribution in [0.5, 0.6) is 0 Å². The molecule has 0 spiro atoms. The molecule has 0 saturated heterocycles. The van der Waals surface area contributed by atoms with E-state index in [4.69, 9.17) is 9.79 Å². The van der Waals surface area contributed by atoms with Crippen LogP contribution in [0, 0.1) is 0 Å². The standard InChI is InChI=1S/C3H7O6P.Mn/c4-1-3(5)2-9-10(6,7)8;/h3H,1-2H2,(H2,6,7,8);/q-2;+2. The van der Waals surface area contributed by atoms with Crippen LogP contribution >= 0.6 is 7.82 Å². The molecule has 8 heteroatoms. The molecule has 0 aromatic carbocycles. The topological polar surface area (TPSA) is 113 Å². The predicted octanol–water partition coefficient (Wildman–Crippen LogP) is -2.82. The summed E-state index contributed by atoms with van der Waals surface area (Å²) in [6.45, 7) is -1.69. The van der Waals surface area contributed by atoms with Gasteiger partial charge in [0.1, 0.15) is 0 Å². The van der Waals surface area contributed by atoms with Gasteiger partial charge in [0.2, 0.25) is 0 Å². The van der Waals surface area contributed by atoms with Crippen LogP contribution in [0.1, 0.15) is 0 Å². The van der Waals surface area contributed by atoms with E-state index in [1.807, 2.05) is 0 Å². The molecule has 0 amide bonds. The molecule has 2 N–H and O–H groups in total. The number of hydrogen-bond acceptors (Lipinski definition) is 4.